The molecule has 0 radical (unpaired) electrons. The first kappa shape index (κ1) is 23.0. The van der Waals surface area contributed by atoms with Crippen LogP contribution >= 0.6 is 22.9 Å². The van der Waals surface area contributed by atoms with E-state index in [0.717, 1.165) is 15.8 Å². The number of nitrogens with zero attached hydrogens (tertiary/aromatic N) is 3. The molecule has 176 valence electrons. The molecule has 1 aliphatic rings. The van der Waals surface area contributed by atoms with E-state index >= 15 is 0 Å². The van der Waals surface area contributed by atoms with Crippen molar-refractivity contribution in [3.63, 3.8) is 0 Å². The average Bonchev–Trinajstić information content (AvgIpc) is 3.37. The summed E-state index contributed by atoms with van der Waals surface area (Å²) in [4.78, 5) is 37.1. The van der Waals surface area contributed by atoms with Gasteiger partial charge >= 0.3 is 5.91 Å². The molecule has 1 fully saturated rings. The molecule has 35 heavy (non-hydrogen) atoms. The van der Waals surface area contributed by atoms with Crippen LogP contribution in [0.5, 0.6) is 5.75 Å². The summed E-state index contributed by atoms with van der Waals surface area (Å²) in [5.74, 6) is -1.57. The third-order valence-corrected chi connectivity index (χ3v) is 7.31. The van der Waals surface area contributed by atoms with Crippen LogP contribution < -0.4 is 9.64 Å². The van der Waals surface area contributed by atoms with Crippen LogP contribution in [-0.4, -0.2) is 33.9 Å². The standard InChI is InChI=1S/C26H20ClN3O4S/c1-13-7-8-19(34-3)15(10-13)23(31)21-22(17-6-4-5-9-28-17)30(25(33)24(21)32)26-29-18-12-16(27)14(2)11-20(18)35-26/h4-12,22,31H,1-3H3/b23-21+. The fourth-order valence-corrected chi connectivity index (χ4v) is 5.37. The summed E-state index contributed by atoms with van der Waals surface area (Å²) in [5, 5.41) is 12.3. The Morgan fingerprint density at radius 3 is 2.66 bits per heavy atom. The average molecular weight is 506 g/mol. The van der Waals surface area contributed by atoms with Gasteiger partial charge in [0.2, 0.25) is 0 Å². The molecule has 1 aliphatic heterocycles. The Bertz CT molecular complexity index is 1490. The summed E-state index contributed by atoms with van der Waals surface area (Å²) in [6, 6.07) is 13.1. The number of amides is 1. The Morgan fingerprint density at radius 1 is 1.14 bits per heavy atom. The number of aromatic nitrogens is 2. The molecule has 0 bridgehead atoms. The van der Waals surface area contributed by atoms with Gasteiger partial charge in [0, 0.05) is 11.2 Å². The number of Topliss-reactive ketones (excluding diaryl/α,β-unsaturated/α-hetero) is 1. The number of carbonyl (C=O) groups excluding carboxylic acids is 2. The van der Waals surface area contributed by atoms with E-state index in [-0.39, 0.29) is 11.3 Å². The predicted molar refractivity (Wildman–Crippen MR) is 136 cm³/mol. The number of thiazole rings is 1. The summed E-state index contributed by atoms with van der Waals surface area (Å²) in [7, 11) is 1.48. The van der Waals surface area contributed by atoms with Crippen LogP contribution in [0, 0.1) is 13.8 Å². The van der Waals surface area contributed by atoms with Crippen molar-refractivity contribution >= 4 is 55.7 Å². The second kappa shape index (κ2) is 8.79. The Labute approximate surface area is 210 Å². The molecule has 2 aromatic carbocycles. The molecule has 0 aliphatic carbocycles. The smallest absolute Gasteiger partial charge is 0.301 e. The first-order chi connectivity index (χ1) is 16.8. The highest BCUT2D eigenvalue weighted by atomic mass is 35.5. The number of fused-ring (bicyclic) bond motifs is 1. The van der Waals surface area contributed by atoms with Crippen LogP contribution in [-0.2, 0) is 9.59 Å². The molecule has 9 heteroatoms. The zero-order valence-corrected chi connectivity index (χ0v) is 20.6. The summed E-state index contributed by atoms with van der Waals surface area (Å²) in [5.41, 5.74) is 3.01. The zero-order chi connectivity index (χ0) is 24.9. The van der Waals surface area contributed by atoms with Gasteiger partial charge in [0.15, 0.2) is 5.13 Å². The number of hydrogen-bond acceptors (Lipinski definition) is 7. The Morgan fingerprint density at radius 2 is 1.94 bits per heavy atom. The molecule has 1 saturated heterocycles. The molecular formula is C26H20ClN3O4S. The van der Waals surface area contributed by atoms with E-state index < -0.39 is 17.7 Å². The molecule has 1 unspecified atom stereocenters. The molecule has 0 spiro atoms. The Balaban J connectivity index is 1.75. The van der Waals surface area contributed by atoms with Crippen LogP contribution in [0.15, 0.2) is 60.3 Å². The van der Waals surface area contributed by atoms with Crippen molar-refractivity contribution in [1.82, 2.24) is 9.97 Å². The van der Waals surface area contributed by atoms with Gasteiger partial charge in [-0.25, -0.2) is 4.98 Å². The first-order valence-corrected chi connectivity index (χ1v) is 11.9. The molecule has 0 saturated carbocycles. The number of benzene rings is 2. The van der Waals surface area contributed by atoms with Crippen molar-refractivity contribution < 1.29 is 19.4 Å². The minimum absolute atomic E-state index is 0.0777. The minimum Gasteiger partial charge on any atom is -0.507 e. The van der Waals surface area contributed by atoms with Crippen molar-refractivity contribution in [2.75, 3.05) is 12.0 Å². The van der Waals surface area contributed by atoms with Crippen molar-refractivity contribution in [3.8, 4) is 5.75 Å². The summed E-state index contributed by atoms with van der Waals surface area (Å²) < 4.78 is 6.24. The second-order valence-electron chi connectivity index (χ2n) is 8.19. The number of ether oxygens (including phenoxy) is 1. The number of ketones is 1. The summed E-state index contributed by atoms with van der Waals surface area (Å²) in [6.07, 6.45) is 1.57. The minimum atomic E-state index is -0.974. The van der Waals surface area contributed by atoms with Crippen LogP contribution in [0.2, 0.25) is 5.02 Å². The van der Waals surface area contributed by atoms with Gasteiger partial charge in [0.1, 0.15) is 17.6 Å². The van der Waals surface area contributed by atoms with Crippen molar-refractivity contribution in [3.05, 3.63) is 87.7 Å². The number of rotatable bonds is 4. The molecule has 4 aromatic rings. The lowest BCUT2D eigenvalue weighted by molar-refractivity contribution is -0.132. The van der Waals surface area contributed by atoms with Crippen LogP contribution in [0.4, 0.5) is 5.13 Å². The maximum atomic E-state index is 13.4. The van der Waals surface area contributed by atoms with Crippen LogP contribution in [0.1, 0.15) is 28.4 Å². The van der Waals surface area contributed by atoms with E-state index in [4.69, 9.17) is 16.3 Å². The van der Waals surface area contributed by atoms with Crippen molar-refractivity contribution in [2.24, 2.45) is 0 Å². The number of pyridine rings is 1. The first-order valence-electron chi connectivity index (χ1n) is 10.7. The number of aliphatic hydroxyl groups excluding tert-OH is 1. The zero-order valence-electron chi connectivity index (χ0n) is 19.1. The largest absolute Gasteiger partial charge is 0.507 e. The lowest BCUT2D eigenvalue weighted by Crippen LogP contribution is -2.29. The quantitative estimate of drug-likeness (QED) is 0.220. The van der Waals surface area contributed by atoms with E-state index in [0.29, 0.717) is 32.7 Å². The molecular weight excluding hydrogens is 486 g/mol. The Hall–Kier alpha value is -3.75. The number of halogens is 1. The highest BCUT2D eigenvalue weighted by Gasteiger charge is 2.49. The van der Waals surface area contributed by atoms with Gasteiger partial charge in [0.05, 0.1) is 34.2 Å². The summed E-state index contributed by atoms with van der Waals surface area (Å²) >= 11 is 7.54. The fraction of sp³-hybridized carbons (Fsp3) is 0.154. The molecule has 3 heterocycles. The highest BCUT2D eigenvalue weighted by Crippen LogP contribution is 2.45. The number of methoxy groups -OCH3 is 1. The van der Waals surface area contributed by atoms with Gasteiger partial charge in [-0.3, -0.25) is 19.5 Å². The van der Waals surface area contributed by atoms with E-state index in [2.05, 4.69) is 9.97 Å². The fourth-order valence-electron chi connectivity index (χ4n) is 4.14. The van der Waals surface area contributed by atoms with Crippen molar-refractivity contribution in [1.29, 1.82) is 0 Å². The van der Waals surface area contributed by atoms with Gasteiger partial charge < -0.3 is 9.84 Å². The monoisotopic (exact) mass is 505 g/mol. The third kappa shape index (κ3) is 3.84. The lowest BCUT2D eigenvalue weighted by atomic mass is 9.97. The third-order valence-electron chi connectivity index (χ3n) is 5.89. The molecule has 1 atom stereocenters. The molecule has 1 N–H and O–H groups in total. The number of anilines is 1. The van der Waals surface area contributed by atoms with Gasteiger partial charge in [-0.05, 0) is 55.8 Å². The topological polar surface area (TPSA) is 92.6 Å². The van der Waals surface area contributed by atoms with Gasteiger partial charge in [-0.1, -0.05) is 40.6 Å². The maximum absolute atomic E-state index is 13.4. The SMILES string of the molecule is COc1ccc(C)cc1/C(O)=C1\C(=O)C(=O)N(c2nc3cc(Cl)c(C)cc3s2)C1c1ccccn1. The second-order valence-corrected chi connectivity index (χ2v) is 9.61. The summed E-state index contributed by atoms with van der Waals surface area (Å²) in [6.45, 7) is 3.75. The van der Waals surface area contributed by atoms with Gasteiger partial charge in [0.25, 0.3) is 5.78 Å². The highest BCUT2D eigenvalue weighted by molar-refractivity contribution is 7.22. The molecule has 1 amide bonds. The number of carbonyl (C=O) groups is 2. The van der Waals surface area contributed by atoms with Crippen LogP contribution in [0.25, 0.3) is 16.0 Å². The molecule has 7 nitrogen and oxygen atoms in total. The number of hydrogen-bond donors (Lipinski definition) is 1. The normalized spacial score (nSPS) is 17.4. The number of aliphatic hydroxyl groups is 1. The van der Waals surface area contributed by atoms with E-state index in [9.17, 15) is 14.7 Å². The molecule has 5 rings (SSSR count). The number of aryl methyl sites for hydroxylation is 2. The molecule has 2 aromatic heterocycles. The van der Waals surface area contributed by atoms with Gasteiger partial charge in [-0.15, -0.1) is 0 Å². The Kier molecular flexibility index (Phi) is 5.78. The van der Waals surface area contributed by atoms with Crippen LogP contribution in [0.3, 0.4) is 0 Å². The predicted octanol–water partition coefficient (Wildman–Crippen LogP) is 5.60. The van der Waals surface area contributed by atoms with E-state index in [1.807, 2.05) is 26.0 Å². The maximum Gasteiger partial charge on any atom is 0.301 e. The van der Waals surface area contributed by atoms with Crippen molar-refractivity contribution in [2.45, 2.75) is 19.9 Å². The van der Waals surface area contributed by atoms with E-state index in [1.54, 1.807) is 42.6 Å². The van der Waals surface area contributed by atoms with Gasteiger partial charge in [-0.2, -0.15) is 0 Å². The lowest BCUT2D eigenvalue weighted by Gasteiger charge is -2.22. The van der Waals surface area contributed by atoms with E-state index in [1.165, 1.54) is 23.3 Å².